The molecule has 4 nitrogen and oxygen atoms in total. The maximum Gasteiger partial charge on any atom is 0.337 e. The Labute approximate surface area is 118 Å². The number of hydrogen-bond donors (Lipinski definition) is 1. The van der Waals surface area contributed by atoms with Gasteiger partial charge in [0, 0.05) is 18.7 Å². The van der Waals surface area contributed by atoms with E-state index < -0.39 is 5.97 Å². The molecule has 1 N–H and O–H groups in total. The average Bonchev–Trinajstić information content (AvgIpc) is 2.49. The van der Waals surface area contributed by atoms with Gasteiger partial charge in [0.15, 0.2) is 0 Å². The molecule has 0 aliphatic carbocycles. The van der Waals surface area contributed by atoms with E-state index in [4.69, 9.17) is 5.11 Å². The van der Waals surface area contributed by atoms with Gasteiger partial charge in [0.05, 0.1) is 12.7 Å². The van der Waals surface area contributed by atoms with Crippen molar-refractivity contribution in [1.82, 2.24) is 4.90 Å². The molecule has 0 saturated carbocycles. The Morgan fingerprint density at radius 3 is 2.70 bits per heavy atom. The largest absolute Gasteiger partial charge is 0.465 e. The number of aliphatic hydroxyl groups excluding tert-OH is 1. The van der Waals surface area contributed by atoms with Crippen molar-refractivity contribution >= 4 is 5.97 Å². The Balaban J connectivity index is 1.98. The summed E-state index contributed by atoms with van der Waals surface area (Å²) in [7, 11) is 1.28. The fraction of sp³-hybridized carbons (Fsp3) is 0.533. The number of methoxy groups -OCH3 is 1. The molecule has 0 spiro atoms. The van der Waals surface area contributed by atoms with Crippen LogP contribution in [0, 0.1) is 11.7 Å². The molecule has 0 bridgehead atoms. The Morgan fingerprint density at radius 1 is 1.45 bits per heavy atom. The fourth-order valence-electron chi connectivity index (χ4n) is 2.49. The monoisotopic (exact) mass is 281 g/mol. The van der Waals surface area contributed by atoms with E-state index in [-0.39, 0.29) is 18.0 Å². The van der Waals surface area contributed by atoms with Crippen LogP contribution in [0.1, 0.15) is 28.8 Å². The lowest BCUT2D eigenvalue weighted by atomic mass is 9.97. The molecule has 2 rings (SSSR count). The summed E-state index contributed by atoms with van der Waals surface area (Å²) in [6, 6.07) is 4.45. The molecule has 1 aliphatic heterocycles. The number of carbonyl (C=O) groups is 1. The van der Waals surface area contributed by atoms with Crippen molar-refractivity contribution < 1.29 is 19.0 Å². The second kappa shape index (κ2) is 6.81. The van der Waals surface area contributed by atoms with Crippen LogP contribution in [0.2, 0.25) is 0 Å². The van der Waals surface area contributed by atoms with Crippen molar-refractivity contribution in [3.63, 3.8) is 0 Å². The normalized spacial score (nSPS) is 17.1. The summed E-state index contributed by atoms with van der Waals surface area (Å²) in [5, 5.41) is 9.09. The second-order valence-corrected chi connectivity index (χ2v) is 5.20. The van der Waals surface area contributed by atoms with Gasteiger partial charge in [-0.1, -0.05) is 6.07 Å². The first kappa shape index (κ1) is 14.9. The van der Waals surface area contributed by atoms with E-state index in [9.17, 15) is 9.18 Å². The van der Waals surface area contributed by atoms with Gasteiger partial charge in [0.1, 0.15) is 5.82 Å². The fourth-order valence-corrected chi connectivity index (χ4v) is 2.49. The summed E-state index contributed by atoms with van der Waals surface area (Å²) < 4.78 is 18.5. The number of carbonyl (C=O) groups excluding carboxylic acids is 1. The van der Waals surface area contributed by atoms with Gasteiger partial charge in [-0.05, 0) is 44.0 Å². The zero-order chi connectivity index (χ0) is 14.5. The highest BCUT2D eigenvalue weighted by Crippen LogP contribution is 2.20. The van der Waals surface area contributed by atoms with Crippen LogP contribution in [0.5, 0.6) is 0 Å². The second-order valence-electron chi connectivity index (χ2n) is 5.20. The number of ether oxygens (including phenoxy) is 1. The predicted octanol–water partition coefficient (Wildman–Crippen LogP) is 1.82. The molecule has 1 saturated heterocycles. The number of benzene rings is 1. The van der Waals surface area contributed by atoms with E-state index >= 15 is 0 Å². The van der Waals surface area contributed by atoms with Crippen molar-refractivity contribution in [1.29, 1.82) is 0 Å². The minimum atomic E-state index is -0.529. The van der Waals surface area contributed by atoms with Crippen LogP contribution in [0.4, 0.5) is 4.39 Å². The minimum Gasteiger partial charge on any atom is -0.465 e. The molecule has 1 aliphatic rings. The van der Waals surface area contributed by atoms with Gasteiger partial charge in [0.25, 0.3) is 0 Å². The van der Waals surface area contributed by atoms with Gasteiger partial charge in [-0.2, -0.15) is 0 Å². The quantitative estimate of drug-likeness (QED) is 0.855. The molecule has 1 aromatic carbocycles. The van der Waals surface area contributed by atoms with Crippen LogP contribution in [0.25, 0.3) is 0 Å². The Bertz CT molecular complexity index is 470. The molecule has 0 radical (unpaired) electrons. The zero-order valence-electron chi connectivity index (χ0n) is 11.6. The average molecular weight is 281 g/mol. The Kier molecular flexibility index (Phi) is 5.09. The number of nitrogens with zero attached hydrogens (tertiary/aromatic N) is 1. The van der Waals surface area contributed by atoms with Gasteiger partial charge in [0.2, 0.25) is 0 Å². The summed E-state index contributed by atoms with van der Waals surface area (Å²) in [6.45, 7) is 2.49. The molecule has 5 heteroatoms. The van der Waals surface area contributed by atoms with Crippen LogP contribution in [-0.2, 0) is 11.3 Å². The first-order chi connectivity index (χ1) is 9.63. The van der Waals surface area contributed by atoms with E-state index in [1.54, 1.807) is 12.1 Å². The lowest BCUT2D eigenvalue weighted by Crippen LogP contribution is -2.34. The molecule has 1 fully saturated rings. The van der Waals surface area contributed by atoms with Crippen LogP contribution < -0.4 is 0 Å². The molecular weight excluding hydrogens is 261 g/mol. The molecule has 1 aromatic rings. The molecule has 0 amide bonds. The third-order valence-electron chi connectivity index (χ3n) is 3.83. The van der Waals surface area contributed by atoms with Gasteiger partial charge >= 0.3 is 5.97 Å². The number of esters is 1. The highest BCUT2D eigenvalue weighted by Gasteiger charge is 2.19. The molecule has 0 unspecified atom stereocenters. The van der Waals surface area contributed by atoms with E-state index in [1.165, 1.54) is 13.2 Å². The molecule has 110 valence electrons. The number of rotatable bonds is 4. The maximum atomic E-state index is 14.0. The number of piperidine rings is 1. The summed E-state index contributed by atoms with van der Waals surface area (Å²) in [5.74, 6) is -0.533. The molecular formula is C15H20FNO3. The third-order valence-corrected chi connectivity index (χ3v) is 3.83. The van der Waals surface area contributed by atoms with Crippen LogP contribution in [-0.4, -0.2) is 42.8 Å². The number of hydrogen-bond acceptors (Lipinski definition) is 4. The molecule has 20 heavy (non-hydrogen) atoms. The van der Waals surface area contributed by atoms with Gasteiger partial charge in [-0.25, -0.2) is 9.18 Å². The zero-order valence-corrected chi connectivity index (χ0v) is 11.6. The predicted molar refractivity (Wildman–Crippen MR) is 72.8 cm³/mol. The first-order valence-corrected chi connectivity index (χ1v) is 6.84. The first-order valence-electron chi connectivity index (χ1n) is 6.84. The molecule has 0 aromatic heterocycles. The standard InChI is InChI=1S/C15H20FNO3/c1-20-15(19)12-2-3-13(14(16)8-12)9-17-6-4-11(10-18)5-7-17/h2-3,8,11,18H,4-7,9-10H2,1H3. The van der Waals surface area contributed by atoms with Crippen molar-refractivity contribution in [2.24, 2.45) is 5.92 Å². The summed E-state index contributed by atoms with van der Waals surface area (Å²) in [5.41, 5.74) is 0.813. The number of aliphatic hydroxyl groups is 1. The lowest BCUT2D eigenvalue weighted by molar-refractivity contribution is 0.0600. The van der Waals surface area contributed by atoms with Crippen LogP contribution >= 0.6 is 0 Å². The van der Waals surface area contributed by atoms with Gasteiger partial charge in [-0.3, -0.25) is 4.90 Å². The minimum absolute atomic E-state index is 0.229. The van der Waals surface area contributed by atoms with Crippen molar-refractivity contribution in [3.8, 4) is 0 Å². The van der Waals surface area contributed by atoms with Crippen molar-refractivity contribution in [2.75, 3.05) is 26.8 Å². The summed E-state index contributed by atoms with van der Waals surface area (Å²) >= 11 is 0. The lowest BCUT2D eigenvalue weighted by Gasteiger charge is -2.31. The van der Waals surface area contributed by atoms with E-state index in [0.717, 1.165) is 25.9 Å². The number of halogens is 1. The molecule has 1 heterocycles. The number of likely N-dealkylation sites (tertiary alicyclic amines) is 1. The smallest absolute Gasteiger partial charge is 0.337 e. The Hall–Kier alpha value is -1.46. The highest BCUT2D eigenvalue weighted by molar-refractivity contribution is 5.89. The topological polar surface area (TPSA) is 49.8 Å². The SMILES string of the molecule is COC(=O)c1ccc(CN2CCC(CO)CC2)c(F)c1. The van der Waals surface area contributed by atoms with Crippen LogP contribution in [0.3, 0.4) is 0 Å². The van der Waals surface area contributed by atoms with Crippen molar-refractivity contribution in [2.45, 2.75) is 19.4 Å². The van der Waals surface area contributed by atoms with E-state index in [0.29, 0.717) is 18.0 Å². The maximum absolute atomic E-state index is 14.0. The Morgan fingerprint density at radius 2 is 2.15 bits per heavy atom. The third kappa shape index (κ3) is 3.55. The van der Waals surface area contributed by atoms with Gasteiger partial charge < -0.3 is 9.84 Å². The van der Waals surface area contributed by atoms with E-state index in [2.05, 4.69) is 9.64 Å². The molecule has 0 atom stereocenters. The highest BCUT2D eigenvalue weighted by atomic mass is 19.1. The van der Waals surface area contributed by atoms with E-state index in [1.807, 2.05) is 0 Å². The van der Waals surface area contributed by atoms with Gasteiger partial charge in [-0.15, -0.1) is 0 Å². The van der Waals surface area contributed by atoms with Crippen molar-refractivity contribution in [3.05, 3.63) is 35.1 Å². The summed E-state index contributed by atoms with van der Waals surface area (Å²) in [6.07, 6.45) is 1.89. The van der Waals surface area contributed by atoms with Crippen LogP contribution in [0.15, 0.2) is 18.2 Å². The summed E-state index contributed by atoms with van der Waals surface area (Å²) in [4.78, 5) is 13.5.